The Kier molecular flexibility index (Phi) is 4.15. The van der Waals surface area contributed by atoms with Crippen LogP contribution in [0.4, 0.5) is 0 Å². The number of nitrogens with one attached hydrogen (secondary N) is 1. The minimum Gasteiger partial charge on any atom is -0.497 e. The van der Waals surface area contributed by atoms with Gasteiger partial charge in [0.05, 0.1) is 13.3 Å². The molecule has 0 saturated heterocycles. The van der Waals surface area contributed by atoms with Crippen LogP contribution < -0.4 is 10.1 Å². The molecule has 2 rings (SSSR count). The molecule has 0 radical (unpaired) electrons. The second-order valence-electron chi connectivity index (χ2n) is 3.97. The van der Waals surface area contributed by atoms with Gasteiger partial charge in [0.1, 0.15) is 5.75 Å². The molecule has 0 fully saturated rings. The highest BCUT2D eigenvalue weighted by Gasteiger charge is 1.98. The van der Waals surface area contributed by atoms with Gasteiger partial charge in [-0.15, -0.1) is 0 Å². The Labute approximate surface area is 107 Å². The SMILES string of the molecule is C=Cn1cc(CNCc2cccc(OC)c2)cn1. The molecule has 0 aliphatic rings. The van der Waals surface area contributed by atoms with Gasteiger partial charge < -0.3 is 10.1 Å². The van der Waals surface area contributed by atoms with Crippen LogP contribution in [0.25, 0.3) is 6.20 Å². The Hall–Kier alpha value is -2.07. The van der Waals surface area contributed by atoms with Gasteiger partial charge in [-0.25, -0.2) is 4.68 Å². The van der Waals surface area contributed by atoms with Gasteiger partial charge in [-0.1, -0.05) is 18.7 Å². The van der Waals surface area contributed by atoms with Gasteiger partial charge in [-0.3, -0.25) is 0 Å². The largest absolute Gasteiger partial charge is 0.497 e. The summed E-state index contributed by atoms with van der Waals surface area (Å²) in [5, 5.41) is 7.49. The molecular weight excluding hydrogens is 226 g/mol. The van der Waals surface area contributed by atoms with Crippen LogP contribution in [0.2, 0.25) is 0 Å². The summed E-state index contributed by atoms with van der Waals surface area (Å²) < 4.78 is 6.88. The number of rotatable bonds is 6. The summed E-state index contributed by atoms with van der Waals surface area (Å²) >= 11 is 0. The lowest BCUT2D eigenvalue weighted by atomic mass is 10.2. The molecule has 0 aliphatic heterocycles. The number of methoxy groups -OCH3 is 1. The van der Waals surface area contributed by atoms with Gasteiger partial charge in [-0.2, -0.15) is 5.10 Å². The summed E-state index contributed by atoms with van der Waals surface area (Å²) in [6.45, 7) is 5.24. The van der Waals surface area contributed by atoms with E-state index in [0.717, 1.165) is 24.4 Å². The Morgan fingerprint density at radius 2 is 2.22 bits per heavy atom. The minimum absolute atomic E-state index is 0.783. The molecule has 2 aromatic rings. The summed E-state index contributed by atoms with van der Waals surface area (Å²) in [5.74, 6) is 0.883. The zero-order chi connectivity index (χ0) is 12.8. The van der Waals surface area contributed by atoms with Crippen molar-refractivity contribution in [1.29, 1.82) is 0 Å². The average molecular weight is 243 g/mol. The highest BCUT2D eigenvalue weighted by molar-refractivity contribution is 5.28. The number of benzene rings is 1. The molecule has 0 aliphatic carbocycles. The normalized spacial score (nSPS) is 10.3. The first kappa shape index (κ1) is 12.4. The average Bonchev–Trinajstić information content (AvgIpc) is 2.87. The quantitative estimate of drug-likeness (QED) is 0.846. The zero-order valence-electron chi connectivity index (χ0n) is 10.5. The van der Waals surface area contributed by atoms with Crippen LogP contribution in [0.15, 0.2) is 43.2 Å². The molecule has 0 unspecified atom stereocenters. The van der Waals surface area contributed by atoms with E-state index in [2.05, 4.69) is 23.1 Å². The van der Waals surface area contributed by atoms with Crippen LogP contribution in [-0.2, 0) is 13.1 Å². The van der Waals surface area contributed by atoms with Crippen LogP contribution >= 0.6 is 0 Å². The van der Waals surface area contributed by atoms with Crippen molar-refractivity contribution in [2.24, 2.45) is 0 Å². The van der Waals surface area contributed by atoms with E-state index in [1.54, 1.807) is 18.0 Å². The molecule has 0 amide bonds. The molecule has 0 saturated carbocycles. The van der Waals surface area contributed by atoms with Crippen LogP contribution in [0.5, 0.6) is 5.75 Å². The maximum Gasteiger partial charge on any atom is 0.119 e. The van der Waals surface area contributed by atoms with Gasteiger partial charge >= 0.3 is 0 Å². The van der Waals surface area contributed by atoms with E-state index in [0.29, 0.717) is 0 Å². The van der Waals surface area contributed by atoms with E-state index in [9.17, 15) is 0 Å². The predicted octanol–water partition coefficient (Wildman–Crippen LogP) is 2.28. The smallest absolute Gasteiger partial charge is 0.119 e. The minimum atomic E-state index is 0.783. The van der Waals surface area contributed by atoms with E-state index < -0.39 is 0 Å². The van der Waals surface area contributed by atoms with Crippen LogP contribution in [0.3, 0.4) is 0 Å². The summed E-state index contributed by atoms with van der Waals surface area (Å²) in [6, 6.07) is 8.03. The van der Waals surface area contributed by atoms with E-state index in [1.807, 2.05) is 30.6 Å². The highest BCUT2D eigenvalue weighted by Crippen LogP contribution is 2.12. The third-order valence-electron chi connectivity index (χ3n) is 2.63. The molecule has 1 N–H and O–H groups in total. The molecule has 1 aromatic heterocycles. The lowest BCUT2D eigenvalue weighted by molar-refractivity contribution is 0.414. The number of ether oxygens (including phenoxy) is 1. The Morgan fingerprint density at radius 3 is 2.94 bits per heavy atom. The lowest BCUT2D eigenvalue weighted by Crippen LogP contribution is -2.12. The Bertz CT molecular complexity index is 519. The fourth-order valence-electron chi connectivity index (χ4n) is 1.70. The fraction of sp³-hybridized carbons (Fsp3) is 0.214. The molecule has 0 spiro atoms. The van der Waals surface area contributed by atoms with Gasteiger partial charge in [-0.05, 0) is 17.7 Å². The van der Waals surface area contributed by atoms with Gasteiger partial charge in [0.25, 0.3) is 0 Å². The molecular formula is C14H17N3O. The van der Waals surface area contributed by atoms with Crippen molar-refractivity contribution in [1.82, 2.24) is 15.1 Å². The summed E-state index contributed by atoms with van der Waals surface area (Å²) in [6.07, 6.45) is 5.46. The van der Waals surface area contributed by atoms with Crippen molar-refractivity contribution in [3.8, 4) is 5.75 Å². The van der Waals surface area contributed by atoms with Gasteiger partial charge in [0.2, 0.25) is 0 Å². The van der Waals surface area contributed by atoms with Crippen molar-refractivity contribution >= 4 is 6.20 Å². The number of hydrogen-bond donors (Lipinski definition) is 1. The Morgan fingerprint density at radius 1 is 1.39 bits per heavy atom. The van der Waals surface area contributed by atoms with Crippen LogP contribution in [0, 0.1) is 0 Å². The summed E-state index contributed by atoms with van der Waals surface area (Å²) in [4.78, 5) is 0. The lowest BCUT2D eigenvalue weighted by Gasteiger charge is -2.05. The Balaban J connectivity index is 1.85. The summed E-state index contributed by atoms with van der Waals surface area (Å²) in [7, 11) is 1.68. The third-order valence-corrected chi connectivity index (χ3v) is 2.63. The van der Waals surface area contributed by atoms with Crippen molar-refractivity contribution in [3.05, 3.63) is 54.4 Å². The predicted molar refractivity (Wildman–Crippen MR) is 72.2 cm³/mol. The standard InChI is InChI=1S/C14H17N3O/c1-3-17-11-13(10-16-17)9-15-8-12-5-4-6-14(7-12)18-2/h3-7,10-11,15H,1,8-9H2,2H3. The van der Waals surface area contributed by atoms with Crippen molar-refractivity contribution in [2.75, 3.05) is 7.11 Å². The zero-order valence-corrected chi connectivity index (χ0v) is 10.5. The number of aromatic nitrogens is 2. The molecule has 94 valence electrons. The highest BCUT2D eigenvalue weighted by atomic mass is 16.5. The van der Waals surface area contributed by atoms with E-state index in [-0.39, 0.29) is 0 Å². The van der Waals surface area contributed by atoms with Crippen LogP contribution in [-0.4, -0.2) is 16.9 Å². The number of nitrogens with zero attached hydrogens (tertiary/aromatic N) is 2. The van der Waals surface area contributed by atoms with Crippen molar-refractivity contribution in [2.45, 2.75) is 13.1 Å². The third kappa shape index (κ3) is 3.21. The maximum atomic E-state index is 5.19. The molecule has 1 aromatic carbocycles. The van der Waals surface area contributed by atoms with Crippen LogP contribution in [0.1, 0.15) is 11.1 Å². The van der Waals surface area contributed by atoms with Crippen molar-refractivity contribution in [3.63, 3.8) is 0 Å². The second-order valence-corrected chi connectivity index (χ2v) is 3.97. The maximum absolute atomic E-state index is 5.19. The fourth-order valence-corrected chi connectivity index (χ4v) is 1.70. The first-order valence-electron chi connectivity index (χ1n) is 5.81. The second kappa shape index (κ2) is 6.02. The van der Waals surface area contributed by atoms with E-state index in [1.165, 1.54) is 5.56 Å². The number of hydrogen-bond acceptors (Lipinski definition) is 3. The summed E-state index contributed by atoms with van der Waals surface area (Å²) in [5.41, 5.74) is 2.34. The molecule has 1 heterocycles. The molecule has 4 nitrogen and oxygen atoms in total. The van der Waals surface area contributed by atoms with E-state index in [4.69, 9.17) is 4.74 Å². The monoisotopic (exact) mass is 243 g/mol. The van der Waals surface area contributed by atoms with Crippen molar-refractivity contribution < 1.29 is 4.74 Å². The molecule has 0 atom stereocenters. The molecule has 4 heteroatoms. The first-order chi connectivity index (χ1) is 8.81. The van der Waals surface area contributed by atoms with Gasteiger partial charge in [0.15, 0.2) is 0 Å². The topological polar surface area (TPSA) is 39.1 Å². The van der Waals surface area contributed by atoms with Gasteiger partial charge in [0, 0.05) is 31.0 Å². The molecule has 0 bridgehead atoms. The first-order valence-corrected chi connectivity index (χ1v) is 5.81. The molecule has 18 heavy (non-hydrogen) atoms. The van der Waals surface area contributed by atoms with E-state index >= 15 is 0 Å².